The Kier molecular flexibility index (Phi) is 8.37. The summed E-state index contributed by atoms with van der Waals surface area (Å²) in [6.45, 7) is 9.03. The number of piperidine rings is 3. The molecule has 3 N–H and O–H groups in total. The van der Waals surface area contributed by atoms with Crippen LogP contribution in [0, 0.1) is 17.3 Å². The number of nitrogens with one attached hydrogen (secondary N) is 1. The number of esters is 1. The molecule has 3 aromatic rings. The second-order valence-electron chi connectivity index (χ2n) is 19.2. The molecule has 2 bridgehead atoms. The fourth-order valence-corrected chi connectivity index (χ4v) is 14.9. The predicted octanol–water partition coefficient (Wildman–Crippen LogP) is 4.59. The summed E-state index contributed by atoms with van der Waals surface area (Å²) < 4.78 is 12.4. The van der Waals surface area contributed by atoms with E-state index in [9.17, 15) is 15.0 Å². The van der Waals surface area contributed by atoms with Crippen molar-refractivity contribution < 1.29 is 29.3 Å². The van der Waals surface area contributed by atoms with Crippen molar-refractivity contribution in [2.45, 2.75) is 106 Å². The Labute approximate surface area is 336 Å². The van der Waals surface area contributed by atoms with Crippen LogP contribution in [-0.2, 0) is 31.6 Å². The lowest BCUT2D eigenvalue weighted by atomic mass is 9.42. The molecule has 1 aromatic heterocycles. The van der Waals surface area contributed by atoms with Crippen molar-refractivity contribution in [1.29, 1.82) is 0 Å². The van der Waals surface area contributed by atoms with E-state index in [-0.39, 0.29) is 35.2 Å². The molecule has 11 heteroatoms. The predicted molar refractivity (Wildman–Crippen MR) is 219 cm³/mol. The average molecular weight is 780 g/mol. The van der Waals surface area contributed by atoms with Crippen LogP contribution >= 0.6 is 0 Å². The Morgan fingerprint density at radius 3 is 2.53 bits per heavy atom. The number of rotatable bonds is 5. The van der Waals surface area contributed by atoms with Gasteiger partial charge in [-0.05, 0) is 105 Å². The number of carbonyl (C=O) groups is 2. The first-order valence-corrected chi connectivity index (χ1v) is 21.7. The number of hydrogen-bond donors (Lipinski definition) is 3. The average Bonchev–Trinajstić information content (AvgIpc) is 3.88. The van der Waals surface area contributed by atoms with E-state index in [0.717, 1.165) is 97.3 Å². The van der Waals surface area contributed by atoms with Gasteiger partial charge in [-0.2, -0.15) is 0 Å². The summed E-state index contributed by atoms with van der Waals surface area (Å²) in [6.07, 6.45) is 6.84. The monoisotopic (exact) mass is 779 g/mol. The van der Waals surface area contributed by atoms with Crippen molar-refractivity contribution in [3.05, 3.63) is 58.8 Å². The molecule has 10 rings (SSSR count). The highest BCUT2D eigenvalue weighted by atomic mass is 16.5. The summed E-state index contributed by atoms with van der Waals surface area (Å²) in [5.41, 5.74) is 1.11. The number of amides is 1. The Balaban J connectivity index is 1.27. The molecule has 2 aromatic carbocycles. The topological polar surface area (TPSA) is 122 Å². The Bertz CT molecular complexity index is 2160. The maximum Gasteiger partial charge on any atom is 0.322 e. The van der Waals surface area contributed by atoms with Gasteiger partial charge in [0.2, 0.25) is 0 Å². The molecular weight excluding hydrogens is 719 g/mol. The molecule has 0 radical (unpaired) electrons. The summed E-state index contributed by atoms with van der Waals surface area (Å²) in [6, 6.07) is 12.3. The van der Waals surface area contributed by atoms with E-state index in [2.05, 4.69) is 70.9 Å². The molecule has 57 heavy (non-hydrogen) atoms. The number of likely N-dealkylation sites (N-methyl/N-ethyl adjacent to an activating group) is 2. The number of aliphatic hydroxyl groups is 2. The van der Waals surface area contributed by atoms with Gasteiger partial charge in [0.1, 0.15) is 11.2 Å². The number of carbonyl (C=O) groups excluding carboxylic acids is 2. The third-order valence-corrected chi connectivity index (χ3v) is 17.0. The van der Waals surface area contributed by atoms with E-state index in [1.165, 1.54) is 7.11 Å². The van der Waals surface area contributed by atoms with E-state index >= 15 is 4.79 Å². The quantitative estimate of drug-likeness (QED) is 0.320. The molecule has 1 amide bonds. The van der Waals surface area contributed by atoms with Gasteiger partial charge < -0.3 is 34.5 Å². The molecule has 11 nitrogen and oxygen atoms in total. The number of anilines is 1. The molecule has 1 spiro atoms. The zero-order valence-corrected chi connectivity index (χ0v) is 34.7. The van der Waals surface area contributed by atoms with Gasteiger partial charge >= 0.3 is 5.97 Å². The van der Waals surface area contributed by atoms with Gasteiger partial charge in [-0.3, -0.25) is 19.4 Å². The van der Waals surface area contributed by atoms with Crippen molar-refractivity contribution >= 4 is 28.5 Å². The smallest absolute Gasteiger partial charge is 0.322 e. The lowest BCUT2D eigenvalue weighted by Gasteiger charge is -2.68. The van der Waals surface area contributed by atoms with Crippen molar-refractivity contribution in [3.63, 3.8) is 0 Å². The molecule has 5 fully saturated rings. The Hall–Kier alpha value is -3.64. The van der Waals surface area contributed by atoms with Crippen LogP contribution in [0.25, 0.3) is 10.9 Å². The normalized spacial score (nSPS) is 39.6. The van der Waals surface area contributed by atoms with Gasteiger partial charge in [0.25, 0.3) is 5.91 Å². The Morgan fingerprint density at radius 1 is 0.965 bits per heavy atom. The van der Waals surface area contributed by atoms with Gasteiger partial charge in [-0.25, -0.2) is 0 Å². The number of benzene rings is 2. The van der Waals surface area contributed by atoms with Gasteiger partial charge in [-0.1, -0.05) is 32.0 Å². The second kappa shape index (κ2) is 12.7. The minimum Gasteiger partial charge on any atom is -0.496 e. The number of methoxy groups -OCH3 is 2. The number of likely N-dealkylation sites (tertiary alicyclic amines) is 1. The van der Waals surface area contributed by atoms with Crippen molar-refractivity contribution in [2.24, 2.45) is 17.3 Å². The minimum atomic E-state index is -1.59. The van der Waals surface area contributed by atoms with E-state index < -0.39 is 28.1 Å². The summed E-state index contributed by atoms with van der Waals surface area (Å²) >= 11 is 0. The number of para-hydroxylation sites is 1. The Morgan fingerprint density at radius 2 is 1.77 bits per heavy atom. The van der Waals surface area contributed by atoms with Crippen LogP contribution in [-0.4, -0.2) is 133 Å². The van der Waals surface area contributed by atoms with E-state index in [1.807, 2.05) is 13.1 Å². The molecule has 3 unspecified atom stereocenters. The molecule has 1 saturated carbocycles. The summed E-state index contributed by atoms with van der Waals surface area (Å²) in [7, 11) is 7.08. The van der Waals surface area contributed by atoms with Gasteiger partial charge in [-0.15, -0.1) is 0 Å². The van der Waals surface area contributed by atoms with Crippen LogP contribution in [0.3, 0.4) is 0 Å². The summed E-state index contributed by atoms with van der Waals surface area (Å²) in [5, 5.41) is 26.6. The maximum atomic E-state index is 15.3. The third-order valence-electron chi connectivity index (χ3n) is 17.0. The molecule has 7 heterocycles. The molecule has 1 aliphatic carbocycles. The zero-order valence-electron chi connectivity index (χ0n) is 34.7. The molecule has 6 aliphatic heterocycles. The van der Waals surface area contributed by atoms with Crippen LogP contribution in [0.4, 0.5) is 5.69 Å². The molecular formula is C46H61N5O6. The number of ether oxygens (including phenoxy) is 2. The molecule has 306 valence electrons. The first kappa shape index (κ1) is 37.6. The number of H-pyrrole nitrogens is 1. The SMILES string of the molecule is CC[C@]1(O)C[C@@H]2CN(CCc3c([nH]c4ccccc34)[C@@](C(=O)OC)(c3cc4c(cc3OC)N(C)[C@H]3[C@]5(O)C(=O)N(C)CCC5[C@]5(CC)CCCN6CC[C@]43C65)C2)C1. The van der Waals surface area contributed by atoms with E-state index in [1.54, 1.807) is 12.0 Å². The number of fused-ring (bicyclic) bond motifs is 9. The summed E-state index contributed by atoms with van der Waals surface area (Å²) in [5.74, 6) is -0.129. The number of aromatic amines is 1. The third kappa shape index (κ3) is 4.63. The first-order valence-electron chi connectivity index (χ1n) is 21.7. The van der Waals surface area contributed by atoms with Gasteiger partial charge in [0.05, 0.1) is 25.9 Å². The number of hydrogen-bond acceptors (Lipinski definition) is 9. The van der Waals surface area contributed by atoms with Crippen molar-refractivity contribution in [2.75, 3.05) is 72.5 Å². The lowest BCUT2D eigenvalue weighted by Crippen LogP contribution is -2.81. The van der Waals surface area contributed by atoms with E-state index in [4.69, 9.17) is 9.47 Å². The van der Waals surface area contributed by atoms with Crippen molar-refractivity contribution in [1.82, 2.24) is 19.7 Å². The van der Waals surface area contributed by atoms with Gasteiger partial charge in [0.15, 0.2) is 5.60 Å². The van der Waals surface area contributed by atoms with Crippen LogP contribution in [0.2, 0.25) is 0 Å². The lowest BCUT2D eigenvalue weighted by molar-refractivity contribution is -0.215. The van der Waals surface area contributed by atoms with E-state index in [0.29, 0.717) is 44.5 Å². The highest BCUT2D eigenvalue weighted by Gasteiger charge is 2.79. The van der Waals surface area contributed by atoms with Crippen LogP contribution in [0.15, 0.2) is 36.4 Å². The fourth-order valence-electron chi connectivity index (χ4n) is 14.9. The largest absolute Gasteiger partial charge is 0.496 e. The number of nitrogens with zero attached hydrogens (tertiary/aromatic N) is 4. The minimum absolute atomic E-state index is 0.0219. The van der Waals surface area contributed by atoms with Gasteiger partial charge in [0, 0.05) is 91.6 Å². The summed E-state index contributed by atoms with van der Waals surface area (Å²) in [4.78, 5) is 43.0. The maximum absolute atomic E-state index is 15.3. The molecule has 4 saturated heterocycles. The highest BCUT2D eigenvalue weighted by Crippen LogP contribution is 2.71. The molecule has 10 atom stereocenters. The van der Waals surface area contributed by atoms with Crippen LogP contribution < -0.4 is 9.64 Å². The highest BCUT2D eigenvalue weighted by molar-refractivity contribution is 5.95. The number of aromatic nitrogens is 1. The van der Waals surface area contributed by atoms with Crippen LogP contribution in [0.1, 0.15) is 87.6 Å². The molecule has 7 aliphatic rings. The second-order valence-corrected chi connectivity index (χ2v) is 19.2. The zero-order chi connectivity index (χ0) is 39.9. The fraction of sp³-hybridized carbons (Fsp3) is 0.652. The first-order chi connectivity index (χ1) is 27.4. The standard InChI is InChI=1S/C46H61N5O6/c1-7-42(54)24-28-25-45(41(53)57-6,37-30(14-20-50(26-28)27-42)29-12-9-10-13-33(29)47-37)32-22-31-34(23-35(32)56-5)49(4)39-44(31)17-21-51-18-11-16-43(8-2,38(44)51)36-15-19-48(3)40(52)46(36,39)55/h9-10,12-13,22-23,28,36,38-39,47,54-55H,7-8,11,14-21,24-27H2,1-6H3/t28-,36?,38?,39+,42-,43-,44+,45-,46-/m0/s1. The van der Waals surface area contributed by atoms with Crippen LogP contribution in [0.5, 0.6) is 5.75 Å². The van der Waals surface area contributed by atoms with Crippen molar-refractivity contribution in [3.8, 4) is 5.75 Å².